The van der Waals surface area contributed by atoms with Crippen LogP contribution in [0.3, 0.4) is 0 Å². The molecule has 1 unspecified atom stereocenters. The molecule has 1 amide bonds. The third-order valence-electron chi connectivity index (χ3n) is 4.69. The molecule has 144 valence electrons. The summed E-state index contributed by atoms with van der Waals surface area (Å²) in [4.78, 5) is 18.3. The van der Waals surface area contributed by atoms with Crippen LogP contribution in [-0.2, 0) is 11.3 Å². The lowest BCUT2D eigenvalue weighted by atomic mass is 10.3. The van der Waals surface area contributed by atoms with Crippen molar-refractivity contribution in [2.24, 2.45) is 0 Å². The van der Waals surface area contributed by atoms with Crippen LogP contribution in [0.2, 0.25) is 0 Å². The number of benzene rings is 1. The molecule has 28 heavy (non-hydrogen) atoms. The molecule has 4 aromatic rings. The van der Waals surface area contributed by atoms with Crippen LogP contribution in [0.1, 0.15) is 18.8 Å². The number of hydrogen-bond donors (Lipinski definition) is 2. The Morgan fingerprint density at radius 1 is 1.32 bits per heavy atom. The number of nitrogens with zero attached hydrogens (tertiary/aromatic N) is 4. The molecule has 4 rings (SSSR count). The minimum atomic E-state index is -0.469. The van der Waals surface area contributed by atoms with Crippen LogP contribution in [0.25, 0.3) is 21.7 Å². The van der Waals surface area contributed by atoms with E-state index in [0.717, 1.165) is 21.7 Å². The van der Waals surface area contributed by atoms with Crippen molar-refractivity contribution in [3.63, 3.8) is 0 Å². The lowest BCUT2D eigenvalue weighted by Gasteiger charge is -2.16. The number of para-hydroxylation sites is 2. The van der Waals surface area contributed by atoms with Gasteiger partial charge in [0.1, 0.15) is 11.9 Å². The van der Waals surface area contributed by atoms with Gasteiger partial charge in [0.2, 0.25) is 5.91 Å². The Morgan fingerprint density at radius 3 is 2.93 bits per heavy atom. The Labute approximate surface area is 171 Å². The molecule has 0 aliphatic heterocycles. The Morgan fingerprint density at radius 2 is 2.14 bits per heavy atom. The minimum Gasteiger partial charge on any atom is -0.353 e. The van der Waals surface area contributed by atoms with Gasteiger partial charge in [-0.25, -0.2) is 4.98 Å². The molecule has 0 aliphatic rings. The largest absolute Gasteiger partial charge is 0.353 e. The second-order valence-electron chi connectivity index (χ2n) is 6.47. The molecule has 1 aromatic carbocycles. The first-order chi connectivity index (χ1) is 13.6. The number of carbonyl (C=O) groups is 1. The van der Waals surface area contributed by atoms with Gasteiger partial charge in [0.05, 0.1) is 15.9 Å². The van der Waals surface area contributed by atoms with E-state index in [1.807, 2.05) is 55.6 Å². The number of fused-ring (bicyclic) bond motifs is 1. The summed E-state index contributed by atoms with van der Waals surface area (Å²) in [7, 11) is 0. The average molecular weight is 413 g/mol. The summed E-state index contributed by atoms with van der Waals surface area (Å²) in [5.41, 5.74) is 2.03. The Hall–Kier alpha value is -2.78. The molecule has 0 saturated heterocycles. The van der Waals surface area contributed by atoms with Crippen molar-refractivity contribution in [2.75, 3.05) is 6.54 Å². The van der Waals surface area contributed by atoms with E-state index in [1.165, 1.54) is 0 Å². The van der Waals surface area contributed by atoms with Gasteiger partial charge in [0.25, 0.3) is 0 Å². The molecule has 9 heteroatoms. The molecule has 0 saturated carbocycles. The summed E-state index contributed by atoms with van der Waals surface area (Å²) in [6.45, 7) is 4.96. The average Bonchev–Trinajstić information content (AvgIpc) is 3.40. The summed E-state index contributed by atoms with van der Waals surface area (Å²) in [6.07, 6.45) is 0. The van der Waals surface area contributed by atoms with Gasteiger partial charge in [-0.1, -0.05) is 18.2 Å². The number of aromatic amines is 1. The van der Waals surface area contributed by atoms with Crippen LogP contribution in [-0.4, -0.2) is 36.8 Å². The minimum absolute atomic E-state index is 0.0996. The van der Waals surface area contributed by atoms with Crippen molar-refractivity contribution in [2.45, 2.75) is 26.4 Å². The van der Waals surface area contributed by atoms with Crippen LogP contribution >= 0.6 is 23.6 Å². The van der Waals surface area contributed by atoms with Crippen LogP contribution in [0.5, 0.6) is 0 Å². The summed E-state index contributed by atoms with van der Waals surface area (Å²) < 4.78 is 4.30. The lowest BCUT2D eigenvalue weighted by molar-refractivity contribution is -0.123. The van der Waals surface area contributed by atoms with Crippen molar-refractivity contribution < 1.29 is 4.79 Å². The van der Waals surface area contributed by atoms with E-state index < -0.39 is 6.04 Å². The number of nitrogens with one attached hydrogen (secondary N) is 2. The fourth-order valence-corrected chi connectivity index (χ4v) is 4.28. The molecule has 2 N–H and O–H groups in total. The van der Waals surface area contributed by atoms with Crippen LogP contribution in [0.4, 0.5) is 0 Å². The number of thiophene rings is 1. The zero-order chi connectivity index (χ0) is 19.7. The number of H-pyrrole nitrogens is 1. The van der Waals surface area contributed by atoms with Crippen LogP contribution in [0.15, 0.2) is 41.8 Å². The molecule has 7 nitrogen and oxygen atoms in total. The predicted octanol–water partition coefficient (Wildman–Crippen LogP) is 3.70. The van der Waals surface area contributed by atoms with Gasteiger partial charge in [-0.15, -0.1) is 11.3 Å². The topological polar surface area (TPSA) is 80.5 Å². The SMILES string of the molecule is Cc1nc2ccccc2n1CCNC(=O)C(C)n1c(-c2cccs2)n[nH]c1=S. The number of imidazole rings is 1. The maximum atomic E-state index is 12.8. The number of aromatic nitrogens is 5. The molecular weight excluding hydrogens is 392 g/mol. The standard InChI is InChI=1S/C19H20N6OS2/c1-12(25-17(22-23-19(25)27)16-8-5-11-28-16)18(26)20-9-10-24-13(2)21-14-6-3-4-7-15(14)24/h3-8,11-12H,9-10H2,1-2H3,(H,20,26)(H,23,27). The Bertz CT molecular complexity index is 1170. The van der Waals surface area contributed by atoms with Gasteiger partial charge < -0.3 is 9.88 Å². The Kier molecular flexibility index (Phi) is 5.10. The molecular formula is C19H20N6OS2. The maximum Gasteiger partial charge on any atom is 0.243 e. The third kappa shape index (κ3) is 3.38. The second kappa shape index (κ2) is 7.69. The molecule has 3 heterocycles. The number of hydrogen-bond acceptors (Lipinski definition) is 5. The zero-order valence-corrected chi connectivity index (χ0v) is 17.2. The van der Waals surface area contributed by atoms with E-state index in [0.29, 0.717) is 23.7 Å². The molecule has 0 spiro atoms. The summed E-state index contributed by atoms with van der Waals surface area (Å²) in [5, 5.41) is 12.1. The highest BCUT2D eigenvalue weighted by molar-refractivity contribution is 7.71. The first kappa shape index (κ1) is 18.6. The van der Waals surface area contributed by atoms with Crippen molar-refractivity contribution in [1.29, 1.82) is 0 Å². The molecule has 1 atom stereocenters. The Balaban J connectivity index is 1.47. The predicted molar refractivity (Wildman–Crippen MR) is 113 cm³/mol. The van der Waals surface area contributed by atoms with E-state index in [4.69, 9.17) is 12.2 Å². The number of carbonyl (C=O) groups excluding carboxylic acids is 1. The molecule has 0 fully saturated rings. The smallest absolute Gasteiger partial charge is 0.243 e. The fraction of sp³-hybridized carbons (Fsp3) is 0.263. The second-order valence-corrected chi connectivity index (χ2v) is 7.80. The van der Waals surface area contributed by atoms with Gasteiger partial charge in [-0.3, -0.25) is 14.5 Å². The molecule has 3 aromatic heterocycles. The van der Waals surface area contributed by atoms with Gasteiger partial charge in [0, 0.05) is 13.1 Å². The highest BCUT2D eigenvalue weighted by atomic mass is 32.1. The summed E-state index contributed by atoms with van der Waals surface area (Å²) in [5.74, 6) is 1.51. The highest BCUT2D eigenvalue weighted by Gasteiger charge is 2.21. The first-order valence-electron chi connectivity index (χ1n) is 8.96. The van der Waals surface area contributed by atoms with Gasteiger partial charge in [0.15, 0.2) is 10.6 Å². The van der Waals surface area contributed by atoms with E-state index in [1.54, 1.807) is 15.9 Å². The van der Waals surface area contributed by atoms with Crippen molar-refractivity contribution in [3.8, 4) is 10.7 Å². The number of rotatable bonds is 6. The van der Waals surface area contributed by atoms with Gasteiger partial charge in [-0.2, -0.15) is 5.10 Å². The molecule has 0 bridgehead atoms. The van der Waals surface area contributed by atoms with Crippen LogP contribution in [0, 0.1) is 11.7 Å². The number of aryl methyl sites for hydroxylation is 1. The lowest BCUT2D eigenvalue weighted by Crippen LogP contribution is -2.33. The zero-order valence-electron chi connectivity index (χ0n) is 15.5. The van der Waals surface area contributed by atoms with E-state index >= 15 is 0 Å². The van der Waals surface area contributed by atoms with E-state index in [2.05, 4.69) is 25.1 Å². The highest BCUT2D eigenvalue weighted by Crippen LogP contribution is 2.25. The third-order valence-corrected chi connectivity index (χ3v) is 5.85. The van der Waals surface area contributed by atoms with E-state index in [9.17, 15) is 4.79 Å². The van der Waals surface area contributed by atoms with Crippen molar-refractivity contribution in [1.82, 2.24) is 29.6 Å². The quantitative estimate of drug-likeness (QED) is 0.473. The molecule has 0 radical (unpaired) electrons. The summed E-state index contributed by atoms with van der Waals surface area (Å²) in [6, 6.07) is 11.4. The normalized spacial score (nSPS) is 12.4. The fourth-order valence-electron chi connectivity index (χ4n) is 3.28. The van der Waals surface area contributed by atoms with Gasteiger partial charge in [-0.05, 0) is 49.6 Å². The van der Waals surface area contributed by atoms with E-state index in [-0.39, 0.29) is 5.91 Å². The monoisotopic (exact) mass is 412 g/mol. The number of amides is 1. The maximum absolute atomic E-state index is 12.8. The van der Waals surface area contributed by atoms with Gasteiger partial charge >= 0.3 is 0 Å². The van der Waals surface area contributed by atoms with Crippen molar-refractivity contribution in [3.05, 3.63) is 52.4 Å². The summed E-state index contributed by atoms with van der Waals surface area (Å²) >= 11 is 6.91. The first-order valence-corrected chi connectivity index (χ1v) is 10.3. The van der Waals surface area contributed by atoms with Crippen LogP contribution < -0.4 is 5.32 Å². The molecule has 0 aliphatic carbocycles. The van der Waals surface area contributed by atoms with Crippen molar-refractivity contribution >= 4 is 40.5 Å².